The number of nitrogens with two attached hydrogens (primary N) is 2. The van der Waals surface area contributed by atoms with E-state index in [9.17, 15) is 4.79 Å². The third-order valence-corrected chi connectivity index (χ3v) is 2.43. The zero-order valence-corrected chi connectivity index (χ0v) is 6.75. The van der Waals surface area contributed by atoms with E-state index < -0.39 is 0 Å². The van der Waals surface area contributed by atoms with Crippen molar-refractivity contribution >= 4 is 5.91 Å². The average molecular weight is 156 g/mol. The molecule has 11 heavy (non-hydrogen) atoms. The standard InChI is InChI=1S/C8H16N2O/c9-7-4-2-1-3-6(7)5-8(10)11/h6-7H,1-5,9H2,(H2,10,11)/t6-,7+/m1/s1. The second kappa shape index (κ2) is 3.72. The van der Waals surface area contributed by atoms with E-state index in [0.717, 1.165) is 12.8 Å². The summed E-state index contributed by atoms with van der Waals surface area (Å²) in [7, 11) is 0. The van der Waals surface area contributed by atoms with Crippen LogP contribution in [-0.4, -0.2) is 11.9 Å². The molecule has 0 aromatic heterocycles. The second-order valence-electron chi connectivity index (χ2n) is 3.38. The summed E-state index contributed by atoms with van der Waals surface area (Å²) in [6, 6.07) is 0.205. The topological polar surface area (TPSA) is 69.1 Å². The van der Waals surface area contributed by atoms with Crippen molar-refractivity contribution in [3.63, 3.8) is 0 Å². The zero-order chi connectivity index (χ0) is 8.27. The van der Waals surface area contributed by atoms with Crippen LogP contribution in [0.15, 0.2) is 0 Å². The third kappa shape index (κ3) is 2.50. The molecule has 0 heterocycles. The van der Waals surface area contributed by atoms with Gasteiger partial charge in [0.25, 0.3) is 0 Å². The number of hydrogen-bond acceptors (Lipinski definition) is 2. The van der Waals surface area contributed by atoms with Crippen LogP contribution in [0.2, 0.25) is 0 Å². The Kier molecular flexibility index (Phi) is 2.88. The van der Waals surface area contributed by atoms with Gasteiger partial charge in [-0.25, -0.2) is 0 Å². The maximum absolute atomic E-state index is 10.6. The Morgan fingerprint density at radius 2 is 2.00 bits per heavy atom. The van der Waals surface area contributed by atoms with E-state index in [1.165, 1.54) is 12.8 Å². The summed E-state index contributed by atoms with van der Waals surface area (Å²) in [6.45, 7) is 0. The summed E-state index contributed by atoms with van der Waals surface area (Å²) in [5.41, 5.74) is 10.9. The minimum Gasteiger partial charge on any atom is -0.370 e. The fourth-order valence-electron chi connectivity index (χ4n) is 1.75. The first kappa shape index (κ1) is 8.53. The summed E-state index contributed by atoms with van der Waals surface area (Å²) < 4.78 is 0. The van der Waals surface area contributed by atoms with Crippen LogP contribution < -0.4 is 11.5 Å². The van der Waals surface area contributed by atoms with Gasteiger partial charge >= 0.3 is 0 Å². The molecule has 2 atom stereocenters. The van der Waals surface area contributed by atoms with Crippen molar-refractivity contribution in [3.05, 3.63) is 0 Å². The van der Waals surface area contributed by atoms with Crippen LogP contribution in [0.25, 0.3) is 0 Å². The van der Waals surface area contributed by atoms with Gasteiger partial charge in [0.1, 0.15) is 0 Å². The lowest BCUT2D eigenvalue weighted by Crippen LogP contribution is -2.35. The molecule has 1 saturated carbocycles. The van der Waals surface area contributed by atoms with E-state index in [1.54, 1.807) is 0 Å². The molecular weight excluding hydrogens is 140 g/mol. The lowest BCUT2D eigenvalue weighted by atomic mass is 9.83. The van der Waals surface area contributed by atoms with Gasteiger partial charge < -0.3 is 11.5 Å². The Labute approximate surface area is 67.1 Å². The molecule has 0 unspecified atom stereocenters. The molecule has 3 nitrogen and oxygen atoms in total. The molecule has 1 amide bonds. The van der Waals surface area contributed by atoms with Crippen molar-refractivity contribution in [3.8, 4) is 0 Å². The van der Waals surface area contributed by atoms with Gasteiger partial charge in [-0.05, 0) is 18.8 Å². The van der Waals surface area contributed by atoms with Crippen molar-refractivity contribution in [2.75, 3.05) is 0 Å². The first-order valence-corrected chi connectivity index (χ1v) is 4.24. The molecule has 3 heteroatoms. The largest absolute Gasteiger partial charge is 0.370 e. The predicted octanol–water partition coefficient (Wildman–Crippen LogP) is 0.379. The first-order chi connectivity index (χ1) is 5.20. The molecule has 1 rings (SSSR count). The van der Waals surface area contributed by atoms with Crippen LogP contribution in [0.1, 0.15) is 32.1 Å². The monoisotopic (exact) mass is 156 g/mol. The molecule has 4 N–H and O–H groups in total. The van der Waals surface area contributed by atoms with E-state index in [2.05, 4.69) is 0 Å². The van der Waals surface area contributed by atoms with Crippen LogP contribution in [0.4, 0.5) is 0 Å². The smallest absolute Gasteiger partial charge is 0.217 e. The number of rotatable bonds is 2. The van der Waals surface area contributed by atoms with Crippen molar-refractivity contribution in [1.29, 1.82) is 0 Å². The molecule has 64 valence electrons. The number of carbonyl (C=O) groups is 1. The molecule has 1 fully saturated rings. The van der Waals surface area contributed by atoms with Gasteiger partial charge in [0.05, 0.1) is 0 Å². The van der Waals surface area contributed by atoms with Crippen molar-refractivity contribution in [2.45, 2.75) is 38.1 Å². The van der Waals surface area contributed by atoms with Crippen LogP contribution in [-0.2, 0) is 4.79 Å². The van der Waals surface area contributed by atoms with Crippen LogP contribution in [0.5, 0.6) is 0 Å². The average Bonchev–Trinajstić information content (AvgIpc) is 1.93. The van der Waals surface area contributed by atoms with Gasteiger partial charge in [0, 0.05) is 12.5 Å². The third-order valence-electron chi connectivity index (χ3n) is 2.43. The minimum atomic E-state index is -0.215. The molecule has 0 bridgehead atoms. The van der Waals surface area contributed by atoms with E-state index in [0.29, 0.717) is 12.3 Å². The lowest BCUT2D eigenvalue weighted by Gasteiger charge is -2.27. The highest BCUT2D eigenvalue weighted by Gasteiger charge is 2.22. The van der Waals surface area contributed by atoms with Crippen LogP contribution in [0, 0.1) is 5.92 Å². The highest BCUT2D eigenvalue weighted by Crippen LogP contribution is 2.24. The second-order valence-corrected chi connectivity index (χ2v) is 3.38. The first-order valence-electron chi connectivity index (χ1n) is 4.24. The summed E-state index contributed by atoms with van der Waals surface area (Å²) >= 11 is 0. The molecule has 0 aromatic rings. The van der Waals surface area contributed by atoms with Crippen molar-refractivity contribution < 1.29 is 4.79 Å². The SMILES string of the molecule is NC(=O)C[C@H]1CCCC[C@@H]1N. The van der Waals surface area contributed by atoms with Crippen LogP contribution in [0.3, 0.4) is 0 Å². The predicted molar refractivity (Wildman–Crippen MR) is 43.7 cm³/mol. The summed E-state index contributed by atoms with van der Waals surface area (Å²) in [5, 5.41) is 0. The quantitative estimate of drug-likeness (QED) is 0.606. The maximum atomic E-state index is 10.6. The van der Waals surface area contributed by atoms with Gasteiger partial charge in [-0.2, -0.15) is 0 Å². The highest BCUT2D eigenvalue weighted by molar-refractivity contribution is 5.74. The Hall–Kier alpha value is -0.570. The molecule has 0 aromatic carbocycles. The maximum Gasteiger partial charge on any atom is 0.217 e. The minimum absolute atomic E-state index is 0.205. The van der Waals surface area contributed by atoms with Crippen molar-refractivity contribution in [1.82, 2.24) is 0 Å². The molecular formula is C8H16N2O. The Bertz CT molecular complexity index is 147. The Morgan fingerprint density at radius 1 is 1.36 bits per heavy atom. The number of hydrogen-bond donors (Lipinski definition) is 2. The van der Waals surface area contributed by atoms with E-state index in [-0.39, 0.29) is 11.9 Å². The number of primary amides is 1. The molecule has 0 radical (unpaired) electrons. The van der Waals surface area contributed by atoms with Gasteiger partial charge in [0.2, 0.25) is 5.91 Å². The molecule has 0 aliphatic heterocycles. The lowest BCUT2D eigenvalue weighted by molar-refractivity contribution is -0.119. The zero-order valence-electron chi connectivity index (χ0n) is 6.75. The highest BCUT2D eigenvalue weighted by atomic mass is 16.1. The summed E-state index contributed by atoms with van der Waals surface area (Å²) in [6.07, 6.45) is 5.01. The van der Waals surface area contributed by atoms with Crippen molar-refractivity contribution in [2.24, 2.45) is 17.4 Å². The summed E-state index contributed by atoms with van der Waals surface area (Å²) in [4.78, 5) is 10.6. The Morgan fingerprint density at radius 3 is 2.55 bits per heavy atom. The van der Waals surface area contributed by atoms with Crippen LogP contribution >= 0.6 is 0 Å². The van der Waals surface area contributed by atoms with Gasteiger partial charge in [0.15, 0.2) is 0 Å². The van der Waals surface area contributed by atoms with Gasteiger partial charge in [-0.1, -0.05) is 12.8 Å². The molecule has 1 aliphatic carbocycles. The fraction of sp³-hybridized carbons (Fsp3) is 0.875. The Balaban J connectivity index is 2.35. The molecule has 0 spiro atoms. The van der Waals surface area contributed by atoms with E-state index >= 15 is 0 Å². The summed E-state index contributed by atoms with van der Waals surface area (Å²) in [5.74, 6) is 0.133. The number of amides is 1. The molecule has 1 aliphatic rings. The molecule has 0 saturated heterocycles. The van der Waals surface area contributed by atoms with E-state index in [4.69, 9.17) is 11.5 Å². The fourth-order valence-corrected chi connectivity index (χ4v) is 1.75. The number of carbonyl (C=O) groups excluding carboxylic acids is 1. The normalized spacial score (nSPS) is 31.7. The van der Waals surface area contributed by atoms with Gasteiger partial charge in [-0.3, -0.25) is 4.79 Å². The van der Waals surface area contributed by atoms with E-state index in [1.807, 2.05) is 0 Å². The van der Waals surface area contributed by atoms with Gasteiger partial charge in [-0.15, -0.1) is 0 Å².